The molecule has 0 saturated carbocycles. The van der Waals surface area contributed by atoms with Crippen LogP contribution in [0.15, 0.2) is 24.5 Å². The number of carbonyl (C=O) groups excluding carboxylic acids is 1. The Morgan fingerprint density at radius 2 is 2.10 bits per heavy atom. The zero-order valence-electron chi connectivity index (χ0n) is 12.5. The van der Waals surface area contributed by atoms with Crippen LogP contribution in [0.5, 0.6) is 0 Å². The van der Waals surface area contributed by atoms with Gasteiger partial charge in [0, 0.05) is 48.4 Å². The van der Waals surface area contributed by atoms with Crippen molar-refractivity contribution in [3.05, 3.63) is 47.3 Å². The number of carbonyl (C=O) groups is 1. The molecule has 5 heteroatoms. The molecular formula is C16H20N4O. The van der Waals surface area contributed by atoms with Crippen LogP contribution in [0.2, 0.25) is 0 Å². The maximum atomic E-state index is 12.7. The van der Waals surface area contributed by atoms with Gasteiger partial charge in [-0.05, 0) is 38.8 Å². The summed E-state index contributed by atoms with van der Waals surface area (Å²) in [7, 11) is 0. The van der Waals surface area contributed by atoms with Crippen LogP contribution in [-0.2, 0) is 0 Å². The van der Waals surface area contributed by atoms with Gasteiger partial charge in [0.15, 0.2) is 0 Å². The number of hydrogen-bond donors (Lipinski definition) is 1. The van der Waals surface area contributed by atoms with Gasteiger partial charge >= 0.3 is 0 Å². The summed E-state index contributed by atoms with van der Waals surface area (Å²) in [6, 6.07) is 3.73. The largest absolute Gasteiger partial charge is 0.348 e. The van der Waals surface area contributed by atoms with Crippen LogP contribution in [0, 0.1) is 13.8 Å². The highest BCUT2D eigenvalue weighted by Crippen LogP contribution is 2.25. The average molecular weight is 284 g/mol. The fourth-order valence-corrected chi connectivity index (χ4v) is 3.03. The molecule has 1 aliphatic heterocycles. The number of pyridine rings is 1. The van der Waals surface area contributed by atoms with Gasteiger partial charge in [-0.25, -0.2) is 4.98 Å². The Labute approximate surface area is 124 Å². The summed E-state index contributed by atoms with van der Waals surface area (Å²) >= 11 is 0. The quantitative estimate of drug-likeness (QED) is 0.921. The zero-order valence-corrected chi connectivity index (χ0v) is 12.5. The highest BCUT2D eigenvalue weighted by molar-refractivity contribution is 5.94. The summed E-state index contributed by atoms with van der Waals surface area (Å²) in [5.41, 5.74) is 2.51. The summed E-state index contributed by atoms with van der Waals surface area (Å²) in [6.45, 7) is 5.39. The van der Waals surface area contributed by atoms with Crippen molar-refractivity contribution in [3.8, 4) is 0 Å². The van der Waals surface area contributed by atoms with Gasteiger partial charge in [-0.15, -0.1) is 0 Å². The molecule has 0 bridgehead atoms. The number of nitrogens with zero attached hydrogens (tertiary/aromatic N) is 3. The van der Waals surface area contributed by atoms with Gasteiger partial charge in [-0.3, -0.25) is 9.78 Å². The molecule has 1 N–H and O–H groups in total. The monoisotopic (exact) mass is 284 g/mol. The molecule has 0 unspecified atom stereocenters. The second-order valence-electron chi connectivity index (χ2n) is 5.70. The summed E-state index contributed by atoms with van der Waals surface area (Å²) in [4.78, 5) is 26.5. The SMILES string of the molecule is Cc1cc(C(=O)N2CCC[C@H](c3ncc[nH]3)C2)cc(C)n1. The van der Waals surface area contributed by atoms with E-state index in [0.717, 1.165) is 48.7 Å². The molecular weight excluding hydrogens is 264 g/mol. The van der Waals surface area contributed by atoms with Crippen molar-refractivity contribution in [2.45, 2.75) is 32.6 Å². The van der Waals surface area contributed by atoms with Crippen LogP contribution in [0.25, 0.3) is 0 Å². The minimum absolute atomic E-state index is 0.0971. The molecule has 21 heavy (non-hydrogen) atoms. The third kappa shape index (κ3) is 2.96. The number of aryl methyl sites for hydroxylation is 2. The van der Waals surface area contributed by atoms with Gasteiger partial charge in [-0.2, -0.15) is 0 Å². The third-order valence-corrected chi connectivity index (χ3v) is 3.94. The average Bonchev–Trinajstić information content (AvgIpc) is 3.00. The highest BCUT2D eigenvalue weighted by Gasteiger charge is 2.26. The number of H-pyrrole nitrogens is 1. The highest BCUT2D eigenvalue weighted by atomic mass is 16.2. The van der Waals surface area contributed by atoms with Crippen LogP contribution in [0.3, 0.4) is 0 Å². The number of aromatic nitrogens is 3. The molecule has 0 aromatic carbocycles. The molecule has 5 nitrogen and oxygen atoms in total. The lowest BCUT2D eigenvalue weighted by atomic mass is 9.96. The molecule has 3 heterocycles. The number of likely N-dealkylation sites (tertiary alicyclic amines) is 1. The van der Waals surface area contributed by atoms with Gasteiger partial charge in [0.25, 0.3) is 5.91 Å². The van der Waals surface area contributed by atoms with E-state index in [1.165, 1.54) is 0 Å². The van der Waals surface area contributed by atoms with Crippen LogP contribution >= 0.6 is 0 Å². The summed E-state index contributed by atoms with van der Waals surface area (Å²) < 4.78 is 0. The van der Waals surface area contributed by atoms with E-state index in [9.17, 15) is 4.79 Å². The smallest absolute Gasteiger partial charge is 0.254 e. The lowest BCUT2D eigenvalue weighted by Crippen LogP contribution is -2.39. The maximum Gasteiger partial charge on any atom is 0.254 e. The minimum Gasteiger partial charge on any atom is -0.348 e. The molecule has 0 radical (unpaired) electrons. The van der Waals surface area contributed by atoms with Crippen molar-refractivity contribution in [2.75, 3.05) is 13.1 Å². The van der Waals surface area contributed by atoms with E-state index in [-0.39, 0.29) is 5.91 Å². The predicted octanol–water partition coefficient (Wildman–Crippen LogP) is 2.44. The standard InChI is InChI=1S/C16H20N4O/c1-11-8-14(9-12(2)19-11)16(21)20-7-3-4-13(10-20)15-17-5-6-18-15/h5-6,8-9,13H,3-4,7,10H2,1-2H3,(H,17,18)/t13-/m0/s1. The van der Waals surface area contributed by atoms with Gasteiger partial charge in [-0.1, -0.05) is 0 Å². The minimum atomic E-state index is 0.0971. The molecule has 3 rings (SSSR count). The van der Waals surface area contributed by atoms with E-state index in [1.807, 2.05) is 37.1 Å². The van der Waals surface area contributed by atoms with Crippen LogP contribution in [-0.4, -0.2) is 38.8 Å². The van der Waals surface area contributed by atoms with Crippen molar-refractivity contribution >= 4 is 5.91 Å². The van der Waals surface area contributed by atoms with Gasteiger partial charge in [0.2, 0.25) is 0 Å². The van der Waals surface area contributed by atoms with Gasteiger partial charge in [0.1, 0.15) is 5.82 Å². The van der Waals surface area contributed by atoms with E-state index in [4.69, 9.17) is 0 Å². The summed E-state index contributed by atoms with van der Waals surface area (Å²) in [6.07, 6.45) is 5.70. The second-order valence-corrected chi connectivity index (χ2v) is 5.70. The van der Waals surface area contributed by atoms with Crippen molar-refractivity contribution in [1.29, 1.82) is 0 Å². The first-order valence-electron chi connectivity index (χ1n) is 7.37. The first kappa shape index (κ1) is 13.8. The molecule has 1 fully saturated rings. The third-order valence-electron chi connectivity index (χ3n) is 3.94. The van der Waals surface area contributed by atoms with Crippen molar-refractivity contribution in [3.63, 3.8) is 0 Å². The number of rotatable bonds is 2. The molecule has 110 valence electrons. The van der Waals surface area contributed by atoms with Crippen molar-refractivity contribution in [1.82, 2.24) is 19.9 Å². The molecule has 1 aliphatic rings. The fourth-order valence-electron chi connectivity index (χ4n) is 3.03. The number of imidazole rings is 1. The maximum absolute atomic E-state index is 12.7. The van der Waals surface area contributed by atoms with E-state index < -0.39 is 0 Å². The molecule has 0 spiro atoms. The van der Waals surface area contributed by atoms with Gasteiger partial charge < -0.3 is 9.88 Å². The first-order valence-corrected chi connectivity index (χ1v) is 7.37. The van der Waals surface area contributed by atoms with Crippen LogP contribution < -0.4 is 0 Å². The Morgan fingerprint density at radius 1 is 1.33 bits per heavy atom. The van der Waals surface area contributed by atoms with Crippen LogP contribution in [0.1, 0.15) is 46.3 Å². The second kappa shape index (κ2) is 5.68. The van der Waals surface area contributed by atoms with Crippen molar-refractivity contribution < 1.29 is 4.79 Å². The fraction of sp³-hybridized carbons (Fsp3) is 0.438. The number of nitrogens with one attached hydrogen (secondary N) is 1. The summed E-state index contributed by atoms with van der Waals surface area (Å²) in [5, 5.41) is 0. The molecule has 1 amide bonds. The van der Waals surface area contributed by atoms with Crippen LogP contribution in [0.4, 0.5) is 0 Å². The Bertz CT molecular complexity index is 615. The zero-order chi connectivity index (χ0) is 14.8. The van der Waals surface area contributed by atoms with E-state index in [1.54, 1.807) is 6.20 Å². The Kier molecular flexibility index (Phi) is 3.73. The number of amides is 1. The Balaban J connectivity index is 1.78. The molecule has 1 atom stereocenters. The van der Waals surface area contributed by atoms with E-state index in [2.05, 4.69) is 15.0 Å². The number of hydrogen-bond acceptors (Lipinski definition) is 3. The normalized spacial score (nSPS) is 18.8. The Morgan fingerprint density at radius 3 is 2.76 bits per heavy atom. The molecule has 2 aromatic rings. The lowest BCUT2D eigenvalue weighted by molar-refractivity contribution is 0.0704. The lowest BCUT2D eigenvalue weighted by Gasteiger charge is -2.32. The van der Waals surface area contributed by atoms with E-state index in [0.29, 0.717) is 5.92 Å². The number of piperidine rings is 1. The first-order chi connectivity index (χ1) is 10.1. The van der Waals surface area contributed by atoms with E-state index >= 15 is 0 Å². The molecule has 1 saturated heterocycles. The van der Waals surface area contributed by atoms with Crippen molar-refractivity contribution in [2.24, 2.45) is 0 Å². The topological polar surface area (TPSA) is 61.9 Å². The molecule has 2 aromatic heterocycles. The number of aromatic amines is 1. The Hall–Kier alpha value is -2.17. The predicted molar refractivity (Wildman–Crippen MR) is 80.2 cm³/mol. The van der Waals surface area contributed by atoms with Gasteiger partial charge in [0.05, 0.1) is 0 Å². The summed E-state index contributed by atoms with van der Waals surface area (Å²) in [5.74, 6) is 1.39. The molecule has 0 aliphatic carbocycles.